The van der Waals surface area contributed by atoms with Gasteiger partial charge in [0.25, 0.3) is 0 Å². The van der Waals surface area contributed by atoms with E-state index in [1.165, 1.54) is 0 Å². The molecule has 0 bridgehead atoms. The number of allylic oxidation sites excluding steroid dienone is 1. The fourth-order valence-electron chi connectivity index (χ4n) is 1.59. The van der Waals surface area contributed by atoms with Gasteiger partial charge >= 0.3 is 8.72 Å². The van der Waals surface area contributed by atoms with Crippen molar-refractivity contribution >= 4 is 8.72 Å². The highest BCUT2D eigenvalue weighted by Gasteiger charge is 2.36. The third kappa shape index (κ3) is 6.09. The predicted molar refractivity (Wildman–Crippen MR) is 66.9 cm³/mol. The van der Waals surface area contributed by atoms with E-state index < -0.39 is 8.72 Å². The maximum absolute atomic E-state index is 5.83. The molecule has 0 saturated carbocycles. The molecule has 0 fully saturated rings. The van der Waals surface area contributed by atoms with Gasteiger partial charge in [0.15, 0.2) is 0 Å². The number of hydrogen-bond donors (Lipinski definition) is 1. The van der Waals surface area contributed by atoms with Gasteiger partial charge in [0, 0.05) is 19.3 Å². The molecular weight excluding hydrogens is 206 g/mol. The number of hydrogen-bond acceptors (Lipinski definition) is 3. The van der Waals surface area contributed by atoms with Crippen molar-refractivity contribution in [3.8, 4) is 0 Å². The Morgan fingerprint density at radius 1 is 1.20 bits per heavy atom. The molecule has 90 valence electrons. The van der Waals surface area contributed by atoms with Crippen LogP contribution in [0.1, 0.15) is 33.6 Å². The highest BCUT2D eigenvalue weighted by atomic mass is 28.4. The van der Waals surface area contributed by atoms with Gasteiger partial charge in [-0.3, -0.25) is 4.98 Å². The number of rotatable bonds is 10. The molecular formula is C11H25NO2Si. The fourth-order valence-corrected chi connectivity index (χ4v) is 4.49. The van der Waals surface area contributed by atoms with Crippen LogP contribution in [0.4, 0.5) is 0 Å². The molecule has 0 rings (SSSR count). The monoisotopic (exact) mass is 231 g/mol. The highest BCUT2D eigenvalue weighted by Crippen LogP contribution is 2.14. The van der Waals surface area contributed by atoms with Crippen LogP contribution in [0.25, 0.3) is 0 Å². The van der Waals surface area contributed by atoms with Crippen molar-refractivity contribution in [1.29, 1.82) is 0 Å². The minimum atomic E-state index is -2.13. The van der Waals surface area contributed by atoms with E-state index in [1.807, 2.05) is 19.9 Å². The predicted octanol–water partition coefficient (Wildman–Crippen LogP) is 2.57. The van der Waals surface area contributed by atoms with E-state index in [9.17, 15) is 0 Å². The van der Waals surface area contributed by atoms with Crippen molar-refractivity contribution in [2.45, 2.75) is 39.7 Å². The molecule has 0 aliphatic carbocycles. The summed E-state index contributed by atoms with van der Waals surface area (Å²) in [6.07, 6.45) is 4.06. The van der Waals surface area contributed by atoms with Gasteiger partial charge < -0.3 is 8.85 Å². The molecule has 0 aromatic heterocycles. The Kier molecular flexibility index (Phi) is 8.99. The summed E-state index contributed by atoms with van der Waals surface area (Å²) in [5.41, 5.74) is 0. The Bertz CT molecular complexity index is 148. The summed E-state index contributed by atoms with van der Waals surface area (Å²) >= 11 is 0. The fraction of sp³-hybridized carbons (Fsp3) is 0.818. The molecule has 0 amide bonds. The van der Waals surface area contributed by atoms with Crippen LogP contribution in [0.3, 0.4) is 0 Å². The second-order valence-electron chi connectivity index (χ2n) is 3.33. The quantitative estimate of drug-likeness (QED) is 0.356. The molecule has 0 aromatic rings. The van der Waals surface area contributed by atoms with Gasteiger partial charge in [-0.15, -0.1) is 6.58 Å². The molecule has 1 N–H and O–H groups in total. The summed E-state index contributed by atoms with van der Waals surface area (Å²) in [6, 6.07) is 0.995. The lowest BCUT2D eigenvalue weighted by Gasteiger charge is -2.29. The van der Waals surface area contributed by atoms with Crippen molar-refractivity contribution < 1.29 is 8.85 Å². The van der Waals surface area contributed by atoms with Crippen LogP contribution < -0.4 is 4.98 Å². The summed E-state index contributed by atoms with van der Waals surface area (Å²) < 4.78 is 11.7. The smallest absolute Gasteiger partial charge is 0.383 e. The third-order valence-electron chi connectivity index (χ3n) is 2.12. The minimum absolute atomic E-state index is 0.716. The molecule has 0 aromatic carbocycles. The Morgan fingerprint density at radius 2 is 1.80 bits per heavy atom. The summed E-state index contributed by atoms with van der Waals surface area (Å²) in [5.74, 6) is 0. The minimum Gasteiger partial charge on any atom is -0.383 e. The van der Waals surface area contributed by atoms with E-state index in [4.69, 9.17) is 8.85 Å². The first-order valence-corrected chi connectivity index (χ1v) is 7.90. The summed E-state index contributed by atoms with van der Waals surface area (Å²) in [7, 11) is -2.13. The Labute approximate surface area is 95.2 Å². The Balaban J connectivity index is 4.24. The normalized spacial score (nSPS) is 11.7. The lowest BCUT2D eigenvalue weighted by molar-refractivity contribution is 0.171. The van der Waals surface area contributed by atoms with Gasteiger partial charge in [0.1, 0.15) is 0 Å². The van der Waals surface area contributed by atoms with Crippen LogP contribution in [0.5, 0.6) is 0 Å². The maximum atomic E-state index is 5.83. The largest absolute Gasteiger partial charge is 0.425 e. The van der Waals surface area contributed by atoms with E-state index in [0.29, 0.717) is 13.2 Å². The molecule has 0 saturated heterocycles. The van der Waals surface area contributed by atoms with Gasteiger partial charge in [0.2, 0.25) is 0 Å². The first-order valence-electron chi connectivity index (χ1n) is 5.88. The third-order valence-corrected chi connectivity index (χ3v) is 5.53. The first kappa shape index (κ1) is 14.8. The van der Waals surface area contributed by atoms with Crippen molar-refractivity contribution in [1.82, 2.24) is 4.98 Å². The van der Waals surface area contributed by atoms with E-state index in [0.717, 1.165) is 25.4 Å². The van der Waals surface area contributed by atoms with Crippen molar-refractivity contribution in [2.75, 3.05) is 19.8 Å². The zero-order valence-corrected chi connectivity index (χ0v) is 11.3. The molecule has 0 aliphatic rings. The van der Waals surface area contributed by atoms with Crippen LogP contribution in [0, 0.1) is 0 Å². The summed E-state index contributed by atoms with van der Waals surface area (Å²) in [5, 5.41) is 0. The molecule has 0 spiro atoms. The van der Waals surface area contributed by atoms with Crippen LogP contribution in [-0.2, 0) is 8.85 Å². The molecule has 0 atom stereocenters. The average Bonchev–Trinajstić information content (AvgIpc) is 2.19. The molecule has 15 heavy (non-hydrogen) atoms. The molecule has 4 heteroatoms. The average molecular weight is 231 g/mol. The molecule has 0 unspecified atom stereocenters. The second-order valence-corrected chi connectivity index (χ2v) is 6.27. The van der Waals surface area contributed by atoms with E-state index in [1.54, 1.807) is 0 Å². The molecule has 0 aliphatic heterocycles. The Hall–Kier alpha value is -0.163. The van der Waals surface area contributed by atoms with Crippen molar-refractivity contribution in [3.63, 3.8) is 0 Å². The Morgan fingerprint density at radius 3 is 2.20 bits per heavy atom. The molecule has 0 radical (unpaired) electrons. The summed E-state index contributed by atoms with van der Waals surface area (Å²) in [6.45, 7) is 12.2. The zero-order chi connectivity index (χ0) is 11.6. The molecule has 0 heterocycles. The topological polar surface area (TPSA) is 30.5 Å². The van der Waals surface area contributed by atoms with Gasteiger partial charge in [-0.05, 0) is 33.2 Å². The van der Waals surface area contributed by atoms with Gasteiger partial charge in [-0.2, -0.15) is 0 Å². The lowest BCUT2D eigenvalue weighted by Crippen LogP contribution is -2.56. The van der Waals surface area contributed by atoms with E-state index >= 15 is 0 Å². The summed E-state index contributed by atoms with van der Waals surface area (Å²) in [4.78, 5) is 3.42. The van der Waals surface area contributed by atoms with Crippen LogP contribution in [-0.4, -0.2) is 28.5 Å². The highest BCUT2D eigenvalue weighted by molar-refractivity contribution is 6.64. The van der Waals surface area contributed by atoms with Gasteiger partial charge in [-0.1, -0.05) is 13.0 Å². The van der Waals surface area contributed by atoms with E-state index in [2.05, 4.69) is 18.5 Å². The van der Waals surface area contributed by atoms with E-state index in [-0.39, 0.29) is 0 Å². The van der Waals surface area contributed by atoms with Gasteiger partial charge in [0.05, 0.1) is 0 Å². The van der Waals surface area contributed by atoms with Crippen LogP contribution >= 0.6 is 0 Å². The molecule has 3 nitrogen and oxygen atoms in total. The SMILES string of the molecule is C=CCCC[Si](NCC)(OCC)OCC. The van der Waals surface area contributed by atoms with Crippen LogP contribution in [0.2, 0.25) is 6.04 Å². The van der Waals surface area contributed by atoms with Crippen molar-refractivity contribution in [3.05, 3.63) is 12.7 Å². The number of nitrogens with one attached hydrogen (secondary N) is 1. The standard InChI is InChI=1S/C11H25NO2Si/c1-5-9-10-11-15(12-6-2,13-7-3)14-8-4/h5,12H,1,6-11H2,2-4H3. The lowest BCUT2D eigenvalue weighted by atomic mass is 10.3. The van der Waals surface area contributed by atoms with Crippen molar-refractivity contribution in [2.24, 2.45) is 0 Å². The zero-order valence-electron chi connectivity index (χ0n) is 10.3. The second kappa shape index (κ2) is 9.09. The number of unbranched alkanes of at least 4 members (excludes halogenated alkanes) is 1. The van der Waals surface area contributed by atoms with Gasteiger partial charge in [-0.25, -0.2) is 0 Å². The maximum Gasteiger partial charge on any atom is 0.425 e. The first-order chi connectivity index (χ1) is 7.24. The van der Waals surface area contributed by atoms with Crippen LogP contribution in [0.15, 0.2) is 12.7 Å².